The van der Waals surface area contributed by atoms with Gasteiger partial charge in [0.25, 0.3) is 0 Å². The first-order chi connectivity index (χ1) is 6.93. The molecular formula is C11H18N2O2. The van der Waals surface area contributed by atoms with Gasteiger partial charge in [-0.2, -0.15) is 4.98 Å². The second-order valence-electron chi connectivity index (χ2n) is 4.70. The zero-order valence-corrected chi connectivity index (χ0v) is 9.83. The molecule has 0 atom stereocenters. The lowest BCUT2D eigenvalue weighted by molar-refractivity contribution is -0.125. The van der Waals surface area contributed by atoms with Crippen molar-refractivity contribution in [2.75, 3.05) is 0 Å². The number of carbonyl (C=O) groups excluding carboxylic acids is 1. The normalized spacial score (nSPS) is 11.7. The third kappa shape index (κ3) is 3.46. The third-order valence-electron chi connectivity index (χ3n) is 2.13. The minimum absolute atomic E-state index is 0.120. The Balaban J connectivity index is 2.61. The molecule has 84 valence electrons. The van der Waals surface area contributed by atoms with Crippen LogP contribution in [0.1, 0.15) is 45.8 Å². The number of nitrogens with zero attached hydrogens (tertiary/aromatic N) is 2. The van der Waals surface area contributed by atoms with Gasteiger partial charge in [-0.05, 0) is 6.42 Å². The molecule has 1 aromatic heterocycles. The van der Waals surface area contributed by atoms with Crippen molar-refractivity contribution < 1.29 is 9.32 Å². The minimum Gasteiger partial charge on any atom is -0.339 e. The van der Waals surface area contributed by atoms with E-state index in [0.717, 1.165) is 12.8 Å². The van der Waals surface area contributed by atoms with Gasteiger partial charge >= 0.3 is 0 Å². The van der Waals surface area contributed by atoms with Gasteiger partial charge in [-0.1, -0.05) is 32.9 Å². The highest BCUT2D eigenvalue weighted by atomic mass is 16.5. The summed E-state index contributed by atoms with van der Waals surface area (Å²) in [6, 6.07) is 0. The second-order valence-corrected chi connectivity index (χ2v) is 4.70. The summed E-state index contributed by atoms with van der Waals surface area (Å²) in [5.74, 6) is 1.24. The molecule has 15 heavy (non-hydrogen) atoms. The molecule has 1 aromatic rings. The predicted octanol–water partition coefficient (Wildman–Crippen LogP) is 2.18. The molecule has 0 saturated heterocycles. The number of ketones is 1. The maximum atomic E-state index is 11.7. The van der Waals surface area contributed by atoms with Crippen molar-refractivity contribution in [3.63, 3.8) is 0 Å². The summed E-state index contributed by atoms with van der Waals surface area (Å²) in [4.78, 5) is 15.8. The summed E-state index contributed by atoms with van der Waals surface area (Å²) in [5.41, 5.74) is -0.348. The maximum Gasteiger partial charge on any atom is 0.234 e. The molecule has 4 heteroatoms. The number of carbonyl (C=O) groups is 1. The van der Waals surface area contributed by atoms with E-state index < -0.39 is 0 Å². The van der Waals surface area contributed by atoms with E-state index in [-0.39, 0.29) is 17.6 Å². The first-order valence-corrected chi connectivity index (χ1v) is 5.28. The zero-order chi connectivity index (χ0) is 11.5. The first kappa shape index (κ1) is 11.9. The summed E-state index contributed by atoms with van der Waals surface area (Å²) in [6.45, 7) is 7.71. The Kier molecular flexibility index (Phi) is 3.61. The second kappa shape index (κ2) is 4.55. The van der Waals surface area contributed by atoms with E-state index >= 15 is 0 Å². The Labute approximate surface area is 90.1 Å². The average molecular weight is 210 g/mol. The number of aromatic nitrogens is 2. The molecule has 0 amide bonds. The number of rotatable bonds is 4. The highest BCUT2D eigenvalue weighted by molar-refractivity contribution is 5.84. The molecule has 0 aliphatic rings. The monoisotopic (exact) mass is 210 g/mol. The van der Waals surface area contributed by atoms with Crippen molar-refractivity contribution in [3.8, 4) is 0 Å². The van der Waals surface area contributed by atoms with Crippen LogP contribution in [0.5, 0.6) is 0 Å². The van der Waals surface area contributed by atoms with Crippen LogP contribution in [0.25, 0.3) is 0 Å². The average Bonchev–Trinajstić information content (AvgIpc) is 2.51. The molecule has 0 bridgehead atoms. The van der Waals surface area contributed by atoms with Crippen LogP contribution in [0.3, 0.4) is 0 Å². The van der Waals surface area contributed by atoms with Gasteiger partial charge in [0.15, 0.2) is 5.82 Å². The van der Waals surface area contributed by atoms with E-state index in [4.69, 9.17) is 4.52 Å². The lowest BCUT2D eigenvalue weighted by Crippen LogP contribution is -2.22. The molecule has 1 rings (SSSR count). The van der Waals surface area contributed by atoms with Crippen molar-refractivity contribution in [2.45, 2.75) is 47.0 Å². The van der Waals surface area contributed by atoms with Crippen LogP contribution in [-0.2, 0) is 17.6 Å². The highest BCUT2D eigenvalue weighted by Crippen LogP contribution is 2.17. The summed E-state index contributed by atoms with van der Waals surface area (Å²) in [5, 5.41) is 3.80. The van der Waals surface area contributed by atoms with Gasteiger partial charge in [0, 0.05) is 11.8 Å². The molecule has 0 fully saturated rings. The largest absolute Gasteiger partial charge is 0.339 e. The first-order valence-electron chi connectivity index (χ1n) is 5.28. The van der Waals surface area contributed by atoms with Crippen LogP contribution < -0.4 is 0 Å². The smallest absolute Gasteiger partial charge is 0.234 e. The fourth-order valence-electron chi connectivity index (χ4n) is 1.09. The summed E-state index contributed by atoms with van der Waals surface area (Å²) >= 11 is 0. The minimum atomic E-state index is -0.348. The molecule has 0 aliphatic carbocycles. The summed E-state index contributed by atoms with van der Waals surface area (Å²) in [7, 11) is 0. The zero-order valence-electron chi connectivity index (χ0n) is 9.83. The third-order valence-corrected chi connectivity index (χ3v) is 2.13. The van der Waals surface area contributed by atoms with Crippen molar-refractivity contribution in [3.05, 3.63) is 11.7 Å². The predicted molar refractivity (Wildman–Crippen MR) is 56.5 cm³/mol. The molecule has 1 heterocycles. The van der Waals surface area contributed by atoms with E-state index in [1.54, 1.807) is 0 Å². The molecule has 0 radical (unpaired) electrons. The van der Waals surface area contributed by atoms with Gasteiger partial charge in [0.1, 0.15) is 5.78 Å². The van der Waals surface area contributed by atoms with Gasteiger partial charge in [0.05, 0.1) is 6.42 Å². The molecule has 4 nitrogen and oxygen atoms in total. The number of Topliss-reactive ketones (excluding diaryl/α,β-unsaturated/α-hetero) is 1. The molecule has 0 saturated carbocycles. The topological polar surface area (TPSA) is 56.0 Å². The van der Waals surface area contributed by atoms with Crippen molar-refractivity contribution in [1.82, 2.24) is 10.1 Å². The van der Waals surface area contributed by atoms with E-state index in [1.807, 2.05) is 20.8 Å². The quantitative estimate of drug-likeness (QED) is 0.764. The molecule has 0 aromatic carbocycles. The van der Waals surface area contributed by atoms with Crippen LogP contribution in [0.15, 0.2) is 4.52 Å². The van der Waals surface area contributed by atoms with Crippen LogP contribution in [0.2, 0.25) is 0 Å². The van der Waals surface area contributed by atoms with Crippen molar-refractivity contribution >= 4 is 5.78 Å². The van der Waals surface area contributed by atoms with Gasteiger partial charge in [-0.3, -0.25) is 4.79 Å². The molecule has 0 spiro atoms. The van der Waals surface area contributed by atoms with Gasteiger partial charge < -0.3 is 4.52 Å². The lowest BCUT2D eigenvalue weighted by Gasteiger charge is -2.14. The van der Waals surface area contributed by atoms with E-state index in [2.05, 4.69) is 17.1 Å². The van der Waals surface area contributed by atoms with Gasteiger partial charge in [0.2, 0.25) is 5.89 Å². The molecule has 0 aliphatic heterocycles. The summed E-state index contributed by atoms with van der Waals surface area (Å²) in [6.07, 6.45) is 2.01. The van der Waals surface area contributed by atoms with E-state index in [0.29, 0.717) is 11.7 Å². The van der Waals surface area contributed by atoms with Crippen molar-refractivity contribution in [1.29, 1.82) is 0 Å². The fraction of sp³-hybridized carbons (Fsp3) is 0.727. The number of hydrogen-bond donors (Lipinski definition) is 0. The Morgan fingerprint density at radius 2 is 2.07 bits per heavy atom. The fourth-order valence-corrected chi connectivity index (χ4v) is 1.09. The Morgan fingerprint density at radius 1 is 1.40 bits per heavy atom. The maximum absolute atomic E-state index is 11.7. The Bertz CT molecular complexity index is 337. The van der Waals surface area contributed by atoms with Gasteiger partial charge in [-0.15, -0.1) is 0 Å². The molecule has 0 N–H and O–H groups in total. The van der Waals surface area contributed by atoms with Crippen molar-refractivity contribution in [2.24, 2.45) is 5.41 Å². The molecule has 0 unspecified atom stereocenters. The van der Waals surface area contributed by atoms with Crippen LogP contribution in [0.4, 0.5) is 0 Å². The lowest BCUT2D eigenvalue weighted by atomic mass is 9.89. The highest BCUT2D eigenvalue weighted by Gasteiger charge is 2.23. The van der Waals surface area contributed by atoms with E-state index in [1.165, 1.54) is 0 Å². The van der Waals surface area contributed by atoms with Crippen LogP contribution in [-0.4, -0.2) is 15.9 Å². The Morgan fingerprint density at radius 3 is 2.60 bits per heavy atom. The van der Waals surface area contributed by atoms with Gasteiger partial charge in [-0.25, -0.2) is 0 Å². The van der Waals surface area contributed by atoms with Crippen LogP contribution >= 0.6 is 0 Å². The number of hydrogen-bond acceptors (Lipinski definition) is 4. The number of aryl methyl sites for hydroxylation is 1. The van der Waals surface area contributed by atoms with E-state index in [9.17, 15) is 4.79 Å². The molecular weight excluding hydrogens is 192 g/mol. The summed E-state index contributed by atoms with van der Waals surface area (Å²) < 4.78 is 5.00. The van der Waals surface area contributed by atoms with Crippen LogP contribution in [0, 0.1) is 5.41 Å². The SMILES string of the molecule is CCCc1noc(CC(=O)C(C)(C)C)n1. The Hall–Kier alpha value is -1.19. The standard InChI is InChI=1S/C11H18N2O2/c1-5-6-9-12-10(15-13-9)7-8(14)11(2,3)4/h5-7H2,1-4H3.